The molecule has 3 rings (SSSR count). The van der Waals surface area contributed by atoms with Gasteiger partial charge in [0.15, 0.2) is 0 Å². The van der Waals surface area contributed by atoms with Crippen molar-refractivity contribution in [2.24, 2.45) is 0 Å². The number of rotatable bonds is 8. The Kier molecular flexibility index (Phi) is 7.13. The predicted molar refractivity (Wildman–Crippen MR) is 111 cm³/mol. The summed E-state index contributed by atoms with van der Waals surface area (Å²) in [5.41, 5.74) is 1.41. The highest BCUT2D eigenvalue weighted by Crippen LogP contribution is 2.20. The van der Waals surface area contributed by atoms with Crippen molar-refractivity contribution in [3.63, 3.8) is 0 Å². The number of hydrogen-bond donors (Lipinski definition) is 1. The minimum absolute atomic E-state index is 0.0492. The van der Waals surface area contributed by atoms with Crippen LogP contribution >= 0.6 is 11.3 Å². The number of ether oxygens (including phenoxy) is 1. The summed E-state index contributed by atoms with van der Waals surface area (Å²) in [4.78, 5) is 27.7. The molecule has 0 radical (unpaired) electrons. The van der Waals surface area contributed by atoms with Gasteiger partial charge in [0.25, 0.3) is 5.91 Å². The number of hydrogen-bond acceptors (Lipinski definition) is 4. The van der Waals surface area contributed by atoms with Crippen molar-refractivity contribution in [3.05, 3.63) is 88.1 Å². The van der Waals surface area contributed by atoms with Crippen molar-refractivity contribution in [2.75, 3.05) is 7.05 Å². The molecule has 8 heteroatoms. The molecule has 1 atom stereocenters. The molecule has 0 aliphatic rings. The normalized spacial score (nSPS) is 11.7. The van der Waals surface area contributed by atoms with Crippen molar-refractivity contribution in [2.45, 2.75) is 19.2 Å². The van der Waals surface area contributed by atoms with Gasteiger partial charge in [0.1, 0.15) is 11.8 Å². The Morgan fingerprint density at radius 1 is 1.03 bits per heavy atom. The van der Waals surface area contributed by atoms with Gasteiger partial charge in [0.2, 0.25) is 5.91 Å². The fourth-order valence-electron chi connectivity index (χ4n) is 2.89. The lowest BCUT2D eigenvalue weighted by Crippen LogP contribution is -2.40. The van der Waals surface area contributed by atoms with Crippen LogP contribution in [0.5, 0.6) is 5.75 Å². The number of carbonyl (C=O) groups excluding carboxylic acids is 2. The number of benzene rings is 2. The van der Waals surface area contributed by atoms with Crippen LogP contribution in [0.4, 0.5) is 8.78 Å². The monoisotopic (exact) mass is 430 g/mol. The highest BCUT2D eigenvalue weighted by atomic mass is 32.1. The van der Waals surface area contributed by atoms with Crippen LogP contribution in [0.1, 0.15) is 26.8 Å². The molecule has 2 amide bonds. The zero-order valence-electron chi connectivity index (χ0n) is 16.1. The topological polar surface area (TPSA) is 58.6 Å². The van der Waals surface area contributed by atoms with Gasteiger partial charge < -0.3 is 15.0 Å². The van der Waals surface area contributed by atoms with E-state index in [1.54, 1.807) is 61.0 Å². The van der Waals surface area contributed by atoms with Gasteiger partial charge in [-0.15, -0.1) is 11.3 Å². The summed E-state index contributed by atoms with van der Waals surface area (Å²) in [6.07, 6.45) is 0. The summed E-state index contributed by atoms with van der Waals surface area (Å²) in [6, 6.07) is 17.7. The molecule has 0 fully saturated rings. The molecule has 3 aromatic rings. The van der Waals surface area contributed by atoms with Gasteiger partial charge in [-0.3, -0.25) is 9.59 Å². The molecule has 0 saturated carbocycles. The SMILES string of the molecule is CN(Cc1ccc(OC(F)F)cc1)C(=O)C(NC(=O)c1cccs1)c1ccccc1. The Bertz CT molecular complexity index is 964. The van der Waals surface area contributed by atoms with Gasteiger partial charge >= 0.3 is 6.61 Å². The summed E-state index contributed by atoms with van der Waals surface area (Å²) in [6.45, 7) is -2.65. The lowest BCUT2D eigenvalue weighted by atomic mass is 10.0. The van der Waals surface area contributed by atoms with Gasteiger partial charge in [0.05, 0.1) is 4.88 Å². The maximum atomic E-state index is 13.2. The van der Waals surface area contributed by atoms with Gasteiger partial charge in [-0.2, -0.15) is 8.78 Å². The van der Waals surface area contributed by atoms with Crippen LogP contribution in [0.15, 0.2) is 72.1 Å². The van der Waals surface area contributed by atoms with Crippen molar-refractivity contribution < 1.29 is 23.1 Å². The van der Waals surface area contributed by atoms with Crippen molar-refractivity contribution in [1.29, 1.82) is 0 Å². The van der Waals surface area contributed by atoms with E-state index in [9.17, 15) is 18.4 Å². The number of amides is 2. The molecule has 30 heavy (non-hydrogen) atoms. The van der Waals surface area contributed by atoms with Gasteiger partial charge in [-0.25, -0.2) is 0 Å². The number of thiophene rings is 1. The average molecular weight is 430 g/mol. The quantitative estimate of drug-likeness (QED) is 0.573. The highest BCUT2D eigenvalue weighted by molar-refractivity contribution is 7.12. The van der Waals surface area contributed by atoms with Crippen LogP contribution in [0.25, 0.3) is 0 Å². The fraction of sp³-hybridized carbons (Fsp3) is 0.182. The molecule has 156 valence electrons. The van der Waals surface area contributed by atoms with E-state index in [2.05, 4.69) is 10.1 Å². The second-order valence-corrected chi connectivity index (χ2v) is 7.46. The van der Waals surface area contributed by atoms with Crippen LogP contribution in [-0.4, -0.2) is 30.4 Å². The minimum Gasteiger partial charge on any atom is -0.435 e. The van der Waals surface area contributed by atoms with Gasteiger partial charge in [-0.05, 0) is 34.7 Å². The first-order chi connectivity index (χ1) is 14.4. The predicted octanol–water partition coefficient (Wildman–Crippen LogP) is 4.48. The molecule has 1 N–H and O–H groups in total. The van der Waals surface area contributed by atoms with Gasteiger partial charge in [0, 0.05) is 13.6 Å². The molecule has 0 spiro atoms. The zero-order valence-corrected chi connectivity index (χ0v) is 16.9. The van der Waals surface area contributed by atoms with Crippen LogP contribution in [0.3, 0.4) is 0 Å². The first-order valence-corrected chi connectivity index (χ1v) is 10.00. The largest absolute Gasteiger partial charge is 0.435 e. The lowest BCUT2D eigenvalue weighted by molar-refractivity contribution is -0.132. The van der Waals surface area contributed by atoms with E-state index < -0.39 is 12.7 Å². The standard InChI is InChI=1S/C22H20F2N2O3S/c1-26(14-15-9-11-17(12-10-15)29-22(23)24)21(28)19(16-6-3-2-4-7-16)25-20(27)18-8-5-13-30-18/h2-13,19,22H,14H2,1H3,(H,25,27). The summed E-state index contributed by atoms with van der Waals surface area (Å²) >= 11 is 1.29. The first kappa shape index (κ1) is 21.4. The van der Waals surface area contributed by atoms with Gasteiger partial charge in [-0.1, -0.05) is 48.5 Å². The maximum absolute atomic E-state index is 13.2. The lowest BCUT2D eigenvalue weighted by Gasteiger charge is -2.25. The van der Waals surface area contributed by atoms with E-state index in [4.69, 9.17) is 0 Å². The molecular formula is C22H20F2N2O3S. The number of halogens is 2. The smallest absolute Gasteiger partial charge is 0.387 e. The third-order valence-corrected chi connectivity index (χ3v) is 5.21. The van der Waals surface area contributed by atoms with E-state index >= 15 is 0 Å². The summed E-state index contributed by atoms with van der Waals surface area (Å²) in [7, 11) is 1.62. The fourth-order valence-corrected chi connectivity index (χ4v) is 3.52. The van der Waals surface area contributed by atoms with Crippen LogP contribution < -0.4 is 10.1 Å². The van der Waals surface area contributed by atoms with E-state index in [-0.39, 0.29) is 24.1 Å². The summed E-state index contributed by atoms with van der Waals surface area (Å²) < 4.78 is 28.9. The second kappa shape index (κ2) is 9.98. The third kappa shape index (κ3) is 5.64. The number of alkyl halides is 2. The Morgan fingerprint density at radius 2 is 1.73 bits per heavy atom. The van der Waals surface area contributed by atoms with Crippen LogP contribution in [-0.2, 0) is 11.3 Å². The van der Waals surface area contributed by atoms with E-state index in [0.29, 0.717) is 10.4 Å². The molecule has 0 aliphatic carbocycles. The Balaban J connectivity index is 1.74. The van der Waals surface area contributed by atoms with Crippen LogP contribution in [0, 0.1) is 0 Å². The number of likely N-dealkylation sites (N-methyl/N-ethyl adjacent to an activating group) is 1. The minimum atomic E-state index is -2.89. The maximum Gasteiger partial charge on any atom is 0.387 e. The molecule has 0 bridgehead atoms. The molecular weight excluding hydrogens is 410 g/mol. The Morgan fingerprint density at radius 3 is 2.33 bits per heavy atom. The van der Waals surface area contributed by atoms with Crippen molar-refractivity contribution in [3.8, 4) is 5.75 Å². The number of nitrogens with one attached hydrogen (secondary N) is 1. The highest BCUT2D eigenvalue weighted by Gasteiger charge is 2.26. The van der Waals surface area contributed by atoms with E-state index in [0.717, 1.165) is 5.56 Å². The molecule has 0 saturated heterocycles. The molecule has 0 aliphatic heterocycles. The molecule has 1 aromatic heterocycles. The summed E-state index contributed by atoms with van der Waals surface area (Å²) in [5.74, 6) is -0.568. The molecule has 1 heterocycles. The molecule has 5 nitrogen and oxygen atoms in total. The Labute approximate surface area is 176 Å². The second-order valence-electron chi connectivity index (χ2n) is 6.51. The number of carbonyl (C=O) groups is 2. The van der Waals surface area contributed by atoms with E-state index in [1.807, 2.05) is 6.07 Å². The number of nitrogens with zero attached hydrogens (tertiary/aromatic N) is 1. The van der Waals surface area contributed by atoms with E-state index in [1.165, 1.54) is 28.4 Å². The summed E-state index contributed by atoms with van der Waals surface area (Å²) in [5, 5.41) is 4.60. The Hall–Kier alpha value is -3.26. The molecule has 1 unspecified atom stereocenters. The van der Waals surface area contributed by atoms with Crippen molar-refractivity contribution >= 4 is 23.2 Å². The zero-order chi connectivity index (χ0) is 21.5. The third-order valence-electron chi connectivity index (χ3n) is 4.34. The van der Waals surface area contributed by atoms with Crippen molar-refractivity contribution in [1.82, 2.24) is 10.2 Å². The van der Waals surface area contributed by atoms with Crippen LogP contribution in [0.2, 0.25) is 0 Å². The average Bonchev–Trinajstić information content (AvgIpc) is 3.28. The molecule has 2 aromatic carbocycles. The first-order valence-electron chi connectivity index (χ1n) is 9.12.